The molecule has 0 spiro atoms. The SMILES string of the molecule is CO[C@@H]1C[C@@H](c2ncn[nH]2)N(Cc2cnc3cnccn23)C1. The maximum absolute atomic E-state index is 5.54. The van der Waals surface area contributed by atoms with E-state index in [0.717, 1.165) is 36.7 Å². The lowest BCUT2D eigenvalue weighted by Crippen LogP contribution is -2.26. The van der Waals surface area contributed by atoms with Crippen LogP contribution in [0.3, 0.4) is 0 Å². The van der Waals surface area contributed by atoms with Gasteiger partial charge in [0.15, 0.2) is 5.65 Å². The van der Waals surface area contributed by atoms with Gasteiger partial charge in [0.2, 0.25) is 0 Å². The lowest BCUT2D eigenvalue weighted by molar-refractivity contribution is 0.107. The highest BCUT2D eigenvalue weighted by molar-refractivity contribution is 5.36. The van der Waals surface area contributed by atoms with Crippen molar-refractivity contribution >= 4 is 5.65 Å². The second-order valence-corrected chi connectivity index (χ2v) is 5.46. The van der Waals surface area contributed by atoms with Crippen LogP contribution in [-0.4, -0.2) is 54.2 Å². The van der Waals surface area contributed by atoms with Gasteiger partial charge in [-0.05, 0) is 6.42 Å². The summed E-state index contributed by atoms with van der Waals surface area (Å²) in [5, 5.41) is 6.95. The zero-order valence-corrected chi connectivity index (χ0v) is 12.3. The molecule has 2 atom stereocenters. The Balaban J connectivity index is 1.62. The number of hydrogen-bond acceptors (Lipinski definition) is 6. The fourth-order valence-electron chi connectivity index (χ4n) is 3.09. The van der Waals surface area contributed by atoms with Gasteiger partial charge in [-0.25, -0.2) is 9.97 Å². The highest BCUT2D eigenvalue weighted by Gasteiger charge is 2.35. The van der Waals surface area contributed by atoms with Crippen LogP contribution in [0.5, 0.6) is 0 Å². The van der Waals surface area contributed by atoms with Gasteiger partial charge in [0, 0.05) is 32.6 Å². The minimum atomic E-state index is 0.180. The molecule has 8 nitrogen and oxygen atoms in total. The highest BCUT2D eigenvalue weighted by atomic mass is 16.5. The number of methoxy groups -OCH3 is 1. The van der Waals surface area contributed by atoms with Crippen molar-refractivity contribution in [2.24, 2.45) is 0 Å². The predicted molar refractivity (Wildman–Crippen MR) is 77.9 cm³/mol. The van der Waals surface area contributed by atoms with Crippen LogP contribution in [-0.2, 0) is 11.3 Å². The van der Waals surface area contributed by atoms with Gasteiger partial charge in [-0.1, -0.05) is 0 Å². The Labute approximate surface area is 127 Å². The van der Waals surface area contributed by atoms with Crippen molar-refractivity contribution in [3.05, 3.63) is 42.6 Å². The third-order valence-corrected chi connectivity index (χ3v) is 4.21. The molecule has 0 saturated carbocycles. The van der Waals surface area contributed by atoms with Crippen LogP contribution < -0.4 is 0 Å². The van der Waals surface area contributed by atoms with Gasteiger partial charge in [-0.3, -0.25) is 19.4 Å². The number of ether oxygens (including phenoxy) is 1. The van der Waals surface area contributed by atoms with E-state index in [0.29, 0.717) is 0 Å². The van der Waals surface area contributed by atoms with Gasteiger partial charge < -0.3 is 4.74 Å². The van der Waals surface area contributed by atoms with Crippen molar-refractivity contribution in [1.82, 2.24) is 34.4 Å². The first-order chi connectivity index (χ1) is 10.8. The fourth-order valence-corrected chi connectivity index (χ4v) is 3.09. The third-order valence-electron chi connectivity index (χ3n) is 4.21. The van der Waals surface area contributed by atoms with E-state index in [1.165, 1.54) is 0 Å². The van der Waals surface area contributed by atoms with Crippen LogP contribution >= 0.6 is 0 Å². The number of rotatable bonds is 4. The minimum absolute atomic E-state index is 0.180. The molecule has 22 heavy (non-hydrogen) atoms. The molecule has 0 aliphatic carbocycles. The number of aromatic amines is 1. The smallest absolute Gasteiger partial charge is 0.155 e. The molecule has 0 aromatic carbocycles. The Bertz CT molecular complexity index is 753. The molecule has 0 unspecified atom stereocenters. The molecule has 4 rings (SSSR count). The molecule has 1 fully saturated rings. The summed E-state index contributed by atoms with van der Waals surface area (Å²) in [6.45, 7) is 1.64. The quantitative estimate of drug-likeness (QED) is 0.767. The summed E-state index contributed by atoms with van der Waals surface area (Å²) in [5.41, 5.74) is 1.98. The first-order valence-corrected chi connectivity index (χ1v) is 7.23. The number of hydrogen-bond donors (Lipinski definition) is 1. The molecule has 4 heterocycles. The van der Waals surface area contributed by atoms with E-state index in [9.17, 15) is 0 Å². The number of H-pyrrole nitrogens is 1. The lowest BCUT2D eigenvalue weighted by Gasteiger charge is -2.21. The van der Waals surface area contributed by atoms with Crippen molar-refractivity contribution in [2.45, 2.75) is 25.1 Å². The second kappa shape index (κ2) is 5.47. The molecule has 8 heteroatoms. The van der Waals surface area contributed by atoms with Crippen LogP contribution in [0.25, 0.3) is 5.65 Å². The Morgan fingerprint density at radius 2 is 2.32 bits per heavy atom. The lowest BCUT2D eigenvalue weighted by atomic mass is 10.2. The highest BCUT2D eigenvalue weighted by Crippen LogP contribution is 2.32. The van der Waals surface area contributed by atoms with E-state index < -0.39 is 0 Å². The standard InChI is InChI=1S/C14H17N7O/c1-22-11-4-12(14-17-9-18-19-14)20(8-11)7-10-5-16-13-6-15-2-3-21(10)13/h2-3,5-6,9,11-12H,4,7-8H2,1H3,(H,17,18,19)/t11-,12+/m1/s1. The molecular formula is C14H17N7O. The average molecular weight is 299 g/mol. The number of nitrogens with one attached hydrogen (secondary N) is 1. The van der Waals surface area contributed by atoms with Crippen molar-refractivity contribution in [3.63, 3.8) is 0 Å². The summed E-state index contributed by atoms with van der Waals surface area (Å²) < 4.78 is 7.60. The number of aromatic nitrogens is 6. The predicted octanol–water partition coefficient (Wildman–Crippen LogP) is 0.809. The third kappa shape index (κ3) is 2.26. The molecule has 1 aliphatic rings. The molecule has 1 N–H and O–H groups in total. The maximum atomic E-state index is 5.54. The Morgan fingerprint density at radius 1 is 1.36 bits per heavy atom. The van der Waals surface area contributed by atoms with Gasteiger partial charge >= 0.3 is 0 Å². The summed E-state index contributed by atoms with van der Waals surface area (Å²) in [6.07, 6.45) is 10.0. The normalized spacial score (nSPS) is 22.6. The summed E-state index contributed by atoms with van der Waals surface area (Å²) in [6, 6.07) is 0.180. The van der Waals surface area contributed by atoms with Gasteiger partial charge in [0.05, 0.1) is 30.2 Å². The summed E-state index contributed by atoms with van der Waals surface area (Å²) in [5.74, 6) is 0.884. The van der Waals surface area contributed by atoms with Gasteiger partial charge in [-0.15, -0.1) is 0 Å². The first kappa shape index (κ1) is 13.4. The van der Waals surface area contributed by atoms with Gasteiger partial charge in [0.1, 0.15) is 12.2 Å². The van der Waals surface area contributed by atoms with E-state index in [2.05, 4.69) is 34.4 Å². The van der Waals surface area contributed by atoms with Crippen LogP contribution in [0.2, 0.25) is 0 Å². The largest absolute Gasteiger partial charge is 0.380 e. The maximum Gasteiger partial charge on any atom is 0.155 e. The second-order valence-electron chi connectivity index (χ2n) is 5.46. The van der Waals surface area contributed by atoms with Crippen molar-refractivity contribution in [1.29, 1.82) is 0 Å². The van der Waals surface area contributed by atoms with Crippen LogP contribution in [0.15, 0.2) is 31.1 Å². The Hall–Kier alpha value is -2.32. The van der Waals surface area contributed by atoms with Crippen molar-refractivity contribution < 1.29 is 4.74 Å². The monoisotopic (exact) mass is 299 g/mol. The molecule has 0 bridgehead atoms. The van der Waals surface area contributed by atoms with Crippen molar-refractivity contribution in [2.75, 3.05) is 13.7 Å². The van der Waals surface area contributed by atoms with Gasteiger partial charge in [0.25, 0.3) is 0 Å². The zero-order chi connectivity index (χ0) is 14.9. The number of imidazole rings is 1. The van der Waals surface area contributed by atoms with Crippen LogP contribution in [0.4, 0.5) is 0 Å². The van der Waals surface area contributed by atoms with Crippen LogP contribution in [0.1, 0.15) is 24.0 Å². The average Bonchev–Trinajstić information content (AvgIpc) is 3.27. The van der Waals surface area contributed by atoms with E-state index in [-0.39, 0.29) is 12.1 Å². The Kier molecular flexibility index (Phi) is 3.32. The summed E-state index contributed by atoms with van der Waals surface area (Å²) in [7, 11) is 1.76. The molecule has 3 aromatic heterocycles. The Morgan fingerprint density at radius 3 is 3.14 bits per heavy atom. The van der Waals surface area contributed by atoms with E-state index in [1.54, 1.807) is 25.8 Å². The minimum Gasteiger partial charge on any atom is -0.380 e. The zero-order valence-electron chi connectivity index (χ0n) is 12.3. The molecular weight excluding hydrogens is 282 g/mol. The first-order valence-electron chi connectivity index (χ1n) is 7.23. The van der Waals surface area contributed by atoms with E-state index in [1.807, 2.05) is 12.4 Å². The molecule has 1 saturated heterocycles. The van der Waals surface area contributed by atoms with Crippen molar-refractivity contribution in [3.8, 4) is 0 Å². The number of nitrogens with zero attached hydrogens (tertiary/aromatic N) is 6. The van der Waals surface area contributed by atoms with Gasteiger partial charge in [-0.2, -0.15) is 5.10 Å². The van der Waals surface area contributed by atoms with E-state index in [4.69, 9.17) is 4.74 Å². The van der Waals surface area contributed by atoms with E-state index >= 15 is 0 Å². The molecule has 1 aliphatic heterocycles. The number of likely N-dealkylation sites (tertiary alicyclic amines) is 1. The molecule has 114 valence electrons. The summed E-state index contributed by atoms with van der Waals surface area (Å²) in [4.78, 5) is 15.2. The number of fused-ring (bicyclic) bond motifs is 1. The topological polar surface area (TPSA) is 84.2 Å². The molecule has 0 radical (unpaired) electrons. The summed E-state index contributed by atoms with van der Waals surface area (Å²) >= 11 is 0. The van der Waals surface area contributed by atoms with Crippen LogP contribution in [0, 0.1) is 0 Å². The molecule has 3 aromatic rings. The fraction of sp³-hybridized carbons (Fsp3) is 0.429. The molecule has 0 amide bonds.